The van der Waals surface area contributed by atoms with Crippen LogP contribution in [0.2, 0.25) is 0 Å². The fourth-order valence-electron chi connectivity index (χ4n) is 3.44. The van der Waals surface area contributed by atoms with E-state index in [1.807, 2.05) is 67.2 Å². The minimum Gasteiger partial charge on any atom is -0.377 e. The molecule has 1 heterocycles. The van der Waals surface area contributed by atoms with Crippen LogP contribution in [0.5, 0.6) is 0 Å². The van der Waals surface area contributed by atoms with Crippen LogP contribution in [0.3, 0.4) is 0 Å². The lowest BCUT2D eigenvalue weighted by Gasteiger charge is -2.28. The second-order valence-corrected chi connectivity index (χ2v) is 7.37. The second-order valence-electron chi connectivity index (χ2n) is 7.37. The number of likely N-dealkylation sites (tertiary alicyclic amines) is 1. The van der Waals surface area contributed by atoms with Gasteiger partial charge in [0.25, 0.3) is 5.91 Å². The quantitative estimate of drug-likeness (QED) is 0.830. The number of benzene rings is 2. The van der Waals surface area contributed by atoms with Gasteiger partial charge >= 0.3 is 6.03 Å². The van der Waals surface area contributed by atoms with Gasteiger partial charge in [0.1, 0.15) is 0 Å². The zero-order chi connectivity index (χ0) is 20.1. The summed E-state index contributed by atoms with van der Waals surface area (Å²) in [6.07, 6.45) is 3.25. The van der Waals surface area contributed by atoms with E-state index in [0.717, 1.165) is 42.9 Å². The molecule has 1 aliphatic rings. The van der Waals surface area contributed by atoms with Gasteiger partial charge in [-0.05, 0) is 56.0 Å². The maximum atomic E-state index is 13.1. The van der Waals surface area contributed by atoms with Gasteiger partial charge in [0.15, 0.2) is 0 Å². The second kappa shape index (κ2) is 8.78. The molecule has 0 aliphatic carbocycles. The van der Waals surface area contributed by atoms with E-state index in [1.165, 1.54) is 6.42 Å². The molecule has 6 nitrogen and oxygen atoms in total. The largest absolute Gasteiger partial charge is 0.377 e. The van der Waals surface area contributed by atoms with Crippen molar-refractivity contribution in [2.45, 2.75) is 26.2 Å². The van der Waals surface area contributed by atoms with Crippen LogP contribution in [0.4, 0.5) is 21.9 Å². The summed E-state index contributed by atoms with van der Waals surface area (Å²) in [6.45, 7) is 3.52. The molecule has 148 valence electrons. The molecule has 1 saturated heterocycles. The number of aryl methyl sites for hydroxylation is 1. The van der Waals surface area contributed by atoms with Crippen molar-refractivity contribution < 1.29 is 9.59 Å². The Morgan fingerprint density at radius 3 is 2.36 bits per heavy atom. The lowest BCUT2D eigenvalue weighted by atomic mass is 10.1. The Hall–Kier alpha value is -3.02. The van der Waals surface area contributed by atoms with E-state index in [0.29, 0.717) is 11.3 Å². The third-order valence-corrected chi connectivity index (χ3v) is 5.00. The molecule has 3 rings (SSSR count). The molecule has 2 N–H and O–H groups in total. The summed E-state index contributed by atoms with van der Waals surface area (Å²) < 4.78 is 0. The molecule has 0 radical (unpaired) electrons. The minimum absolute atomic E-state index is 0.0198. The number of rotatable bonds is 4. The minimum atomic E-state index is -0.330. The molecule has 2 aromatic carbocycles. The number of anilines is 3. The number of carbonyl (C=O) groups excluding carboxylic acids is 2. The molecule has 0 aromatic heterocycles. The zero-order valence-electron chi connectivity index (χ0n) is 16.8. The van der Waals surface area contributed by atoms with E-state index in [1.54, 1.807) is 6.07 Å². The van der Waals surface area contributed by atoms with Gasteiger partial charge in [0.2, 0.25) is 0 Å². The van der Waals surface area contributed by atoms with Crippen LogP contribution in [0.1, 0.15) is 35.2 Å². The van der Waals surface area contributed by atoms with E-state index in [9.17, 15) is 9.59 Å². The smallest absolute Gasteiger partial charge is 0.323 e. The maximum Gasteiger partial charge on any atom is 0.323 e. The molecule has 0 unspecified atom stereocenters. The average molecular weight is 380 g/mol. The summed E-state index contributed by atoms with van der Waals surface area (Å²) in [6, 6.07) is 12.7. The van der Waals surface area contributed by atoms with Crippen LogP contribution in [-0.2, 0) is 0 Å². The van der Waals surface area contributed by atoms with Crippen LogP contribution in [0.25, 0.3) is 0 Å². The number of hydrogen-bond acceptors (Lipinski definition) is 3. The average Bonchev–Trinajstić information content (AvgIpc) is 2.69. The van der Waals surface area contributed by atoms with E-state index in [-0.39, 0.29) is 11.9 Å². The fourth-order valence-corrected chi connectivity index (χ4v) is 3.44. The molecule has 1 aliphatic heterocycles. The topological polar surface area (TPSA) is 64.7 Å². The number of piperidine rings is 1. The Labute approximate surface area is 166 Å². The summed E-state index contributed by atoms with van der Waals surface area (Å²) in [7, 11) is 3.83. The van der Waals surface area contributed by atoms with Gasteiger partial charge in [0, 0.05) is 44.2 Å². The number of carbonyl (C=O) groups is 2. The first-order valence-corrected chi connectivity index (χ1v) is 9.70. The molecule has 28 heavy (non-hydrogen) atoms. The Bertz CT molecular complexity index is 857. The number of para-hydroxylation sites is 1. The van der Waals surface area contributed by atoms with Crippen LogP contribution in [-0.4, -0.2) is 44.0 Å². The molecule has 6 heteroatoms. The van der Waals surface area contributed by atoms with Crippen molar-refractivity contribution in [3.05, 3.63) is 53.6 Å². The van der Waals surface area contributed by atoms with Crippen molar-refractivity contribution in [2.24, 2.45) is 0 Å². The first-order chi connectivity index (χ1) is 13.5. The van der Waals surface area contributed by atoms with Crippen LogP contribution in [0, 0.1) is 6.92 Å². The third kappa shape index (κ3) is 4.63. The molecular weight excluding hydrogens is 352 g/mol. The standard InChI is InChI=1S/C22H28N4O2/c1-16-9-5-6-10-19(16)24-22(28)23-17-11-12-20(25(2)3)18(15-17)21(27)26-13-7-4-8-14-26/h5-6,9-12,15H,4,7-8,13-14H2,1-3H3,(H2,23,24,28). The first kappa shape index (κ1) is 19.7. The summed E-state index contributed by atoms with van der Waals surface area (Å²) in [5.74, 6) is 0.0198. The zero-order valence-corrected chi connectivity index (χ0v) is 16.8. The van der Waals surface area contributed by atoms with E-state index in [2.05, 4.69) is 10.6 Å². The monoisotopic (exact) mass is 380 g/mol. The molecule has 3 amide bonds. The van der Waals surface area contributed by atoms with Gasteiger partial charge in [-0.3, -0.25) is 4.79 Å². The highest BCUT2D eigenvalue weighted by atomic mass is 16.2. The molecule has 0 spiro atoms. The van der Waals surface area contributed by atoms with Crippen LogP contribution >= 0.6 is 0 Å². The normalized spacial score (nSPS) is 13.8. The lowest BCUT2D eigenvalue weighted by molar-refractivity contribution is 0.0725. The molecular formula is C22H28N4O2. The molecule has 1 fully saturated rings. The van der Waals surface area contributed by atoms with E-state index >= 15 is 0 Å². The SMILES string of the molecule is Cc1ccccc1NC(=O)Nc1ccc(N(C)C)c(C(=O)N2CCCCC2)c1. The van der Waals surface area contributed by atoms with Crippen molar-refractivity contribution in [3.63, 3.8) is 0 Å². The maximum absolute atomic E-state index is 13.1. The predicted octanol–water partition coefficient (Wildman–Crippen LogP) is 4.33. The summed E-state index contributed by atoms with van der Waals surface area (Å²) >= 11 is 0. The Morgan fingerprint density at radius 2 is 1.68 bits per heavy atom. The number of urea groups is 1. The van der Waals surface area contributed by atoms with Gasteiger partial charge in [-0.2, -0.15) is 0 Å². The van der Waals surface area contributed by atoms with Crippen LogP contribution < -0.4 is 15.5 Å². The summed E-state index contributed by atoms with van der Waals surface area (Å²) in [5, 5.41) is 5.69. The fraction of sp³-hybridized carbons (Fsp3) is 0.364. The van der Waals surface area contributed by atoms with Crippen molar-refractivity contribution in [1.29, 1.82) is 0 Å². The number of nitrogens with one attached hydrogen (secondary N) is 2. The molecule has 0 atom stereocenters. The number of amides is 3. The highest BCUT2D eigenvalue weighted by molar-refractivity contribution is 6.04. The number of hydrogen-bond donors (Lipinski definition) is 2. The van der Waals surface area contributed by atoms with Crippen molar-refractivity contribution >= 4 is 29.0 Å². The summed E-state index contributed by atoms with van der Waals surface area (Å²) in [4.78, 5) is 29.3. The van der Waals surface area contributed by atoms with Gasteiger partial charge in [-0.1, -0.05) is 18.2 Å². The Balaban J connectivity index is 1.79. The van der Waals surface area contributed by atoms with Crippen molar-refractivity contribution in [1.82, 2.24) is 4.90 Å². The molecule has 2 aromatic rings. The first-order valence-electron chi connectivity index (χ1n) is 9.70. The number of nitrogens with zero attached hydrogens (tertiary/aromatic N) is 2. The van der Waals surface area contributed by atoms with Crippen LogP contribution in [0.15, 0.2) is 42.5 Å². The highest BCUT2D eigenvalue weighted by Gasteiger charge is 2.22. The van der Waals surface area contributed by atoms with Gasteiger partial charge < -0.3 is 20.4 Å². The van der Waals surface area contributed by atoms with Gasteiger partial charge in [-0.25, -0.2) is 4.79 Å². The highest BCUT2D eigenvalue weighted by Crippen LogP contribution is 2.26. The van der Waals surface area contributed by atoms with E-state index in [4.69, 9.17) is 0 Å². The Kier molecular flexibility index (Phi) is 6.19. The van der Waals surface area contributed by atoms with Gasteiger partial charge in [0.05, 0.1) is 5.56 Å². The van der Waals surface area contributed by atoms with Gasteiger partial charge in [-0.15, -0.1) is 0 Å². The lowest BCUT2D eigenvalue weighted by Crippen LogP contribution is -2.36. The van der Waals surface area contributed by atoms with E-state index < -0.39 is 0 Å². The third-order valence-electron chi connectivity index (χ3n) is 5.00. The molecule has 0 bridgehead atoms. The van der Waals surface area contributed by atoms with Crippen molar-refractivity contribution in [3.8, 4) is 0 Å². The molecule has 0 saturated carbocycles. The predicted molar refractivity (Wildman–Crippen MR) is 114 cm³/mol. The Morgan fingerprint density at radius 1 is 0.964 bits per heavy atom. The van der Waals surface area contributed by atoms with Crippen molar-refractivity contribution in [2.75, 3.05) is 42.7 Å². The summed E-state index contributed by atoms with van der Waals surface area (Å²) in [5.41, 5.74) is 3.80.